The summed E-state index contributed by atoms with van der Waals surface area (Å²) in [6.45, 7) is 3.28. The molecule has 0 bridgehead atoms. The van der Waals surface area contributed by atoms with Gasteiger partial charge < -0.3 is 5.32 Å². The summed E-state index contributed by atoms with van der Waals surface area (Å²) in [6.07, 6.45) is 0. The quantitative estimate of drug-likeness (QED) is 0.845. The largest absolute Gasteiger partial charge is 0.313 e. The van der Waals surface area contributed by atoms with E-state index in [-0.39, 0.29) is 5.82 Å². The Labute approximate surface area is 122 Å². The molecule has 0 aliphatic carbocycles. The molecule has 2 aromatic rings. The molecular formula is C15H14Cl2FN. The maximum atomic E-state index is 13.7. The molecule has 0 aromatic heterocycles. The number of rotatable bonds is 4. The zero-order chi connectivity index (χ0) is 13.8. The molecule has 0 saturated carbocycles. The van der Waals surface area contributed by atoms with Crippen molar-refractivity contribution in [3.05, 3.63) is 57.8 Å². The Balaban J connectivity index is 2.39. The average Bonchev–Trinajstić information content (AvgIpc) is 2.38. The fourth-order valence-corrected chi connectivity index (χ4v) is 2.38. The van der Waals surface area contributed by atoms with E-state index in [9.17, 15) is 4.39 Å². The minimum atomic E-state index is -0.213. The standard InChI is InChI=1S/C15H14Cl2FN/c1-2-19-9-11-7-10(3-6-15(11)18)13-5-4-12(16)8-14(13)17/h3-8,19H,2,9H2,1H3. The van der Waals surface area contributed by atoms with Crippen molar-refractivity contribution in [3.8, 4) is 11.1 Å². The highest BCUT2D eigenvalue weighted by atomic mass is 35.5. The van der Waals surface area contributed by atoms with Crippen LogP contribution < -0.4 is 5.32 Å². The van der Waals surface area contributed by atoms with E-state index in [2.05, 4.69) is 5.32 Å². The van der Waals surface area contributed by atoms with Gasteiger partial charge in [0.15, 0.2) is 0 Å². The van der Waals surface area contributed by atoms with E-state index >= 15 is 0 Å². The van der Waals surface area contributed by atoms with E-state index in [1.165, 1.54) is 6.07 Å². The fraction of sp³-hybridized carbons (Fsp3) is 0.200. The van der Waals surface area contributed by atoms with Crippen LogP contribution in [-0.2, 0) is 6.54 Å². The first-order chi connectivity index (χ1) is 9.11. The average molecular weight is 298 g/mol. The van der Waals surface area contributed by atoms with Crippen LogP contribution in [0.25, 0.3) is 11.1 Å². The van der Waals surface area contributed by atoms with Gasteiger partial charge in [0.1, 0.15) is 5.82 Å². The molecule has 0 radical (unpaired) electrons. The van der Waals surface area contributed by atoms with Crippen LogP contribution in [0.3, 0.4) is 0 Å². The molecule has 0 aliphatic rings. The third-order valence-corrected chi connectivity index (χ3v) is 3.40. The molecule has 0 atom stereocenters. The second kappa shape index (κ2) is 6.38. The number of nitrogens with one attached hydrogen (secondary N) is 1. The van der Waals surface area contributed by atoms with Crippen molar-refractivity contribution in [2.45, 2.75) is 13.5 Å². The smallest absolute Gasteiger partial charge is 0.127 e. The normalized spacial score (nSPS) is 10.7. The molecule has 0 heterocycles. The molecule has 0 amide bonds. The van der Waals surface area contributed by atoms with E-state index in [4.69, 9.17) is 23.2 Å². The van der Waals surface area contributed by atoms with Gasteiger partial charge in [0.25, 0.3) is 0 Å². The van der Waals surface area contributed by atoms with Gasteiger partial charge in [-0.05, 0) is 36.4 Å². The van der Waals surface area contributed by atoms with Gasteiger partial charge in [0, 0.05) is 27.7 Å². The Bertz CT molecular complexity index is 584. The van der Waals surface area contributed by atoms with Gasteiger partial charge in [0.05, 0.1) is 0 Å². The summed E-state index contributed by atoms with van der Waals surface area (Å²) in [5, 5.41) is 4.26. The van der Waals surface area contributed by atoms with Gasteiger partial charge in [-0.1, -0.05) is 42.3 Å². The van der Waals surface area contributed by atoms with E-state index < -0.39 is 0 Å². The zero-order valence-electron chi connectivity index (χ0n) is 10.5. The first-order valence-corrected chi connectivity index (χ1v) is 6.82. The topological polar surface area (TPSA) is 12.0 Å². The molecule has 4 heteroatoms. The molecule has 1 N–H and O–H groups in total. The highest BCUT2D eigenvalue weighted by Gasteiger charge is 2.08. The fourth-order valence-electron chi connectivity index (χ4n) is 1.86. The molecular weight excluding hydrogens is 284 g/mol. The Kier molecular flexibility index (Phi) is 4.81. The highest BCUT2D eigenvalue weighted by molar-refractivity contribution is 6.36. The molecule has 2 rings (SSSR count). The molecule has 0 unspecified atom stereocenters. The van der Waals surface area contributed by atoms with Gasteiger partial charge in [-0.2, -0.15) is 0 Å². The lowest BCUT2D eigenvalue weighted by Crippen LogP contribution is -2.12. The molecule has 100 valence electrons. The van der Waals surface area contributed by atoms with Crippen LogP contribution in [-0.4, -0.2) is 6.54 Å². The summed E-state index contributed by atoms with van der Waals surface area (Å²) < 4.78 is 13.7. The van der Waals surface area contributed by atoms with Crippen LogP contribution in [0.4, 0.5) is 4.39 Å². The summed E-state index contributed by atoms with van der Waals surface area (Å²) in [5.41, 5.74) is 2.37. The lowest BCUT2D eigenvalue weighted by atomic mass is 10.0. The van der Waals surface area contributed by atoms with E-state index in [1.807, 2.05) is 19.1 Å². The molecule has 1 nitrogen and oxygen atoms in total. The zero-order valence-corrected chi connectivity index (χ0v) is 12.0. The SMILES string of the molecule is CCNCc1cc(-c2ccc(Cl)cc2Cl)ccc1F. The summed E-state index contributed by atoms with van der Waals surface area (Å²) in [7, 11) is 0. The minimum absolute atomic E-state index is 0.213. The number of hydrogen-bond donors (Lipinski definition) is 1. The molecule has 0 spiro atoms. The lowest BCUT2D eigenvalue weighted by Gasteiger charge is -2.09. The summed E-state index contributed by atoms with van der Waals surface area (Å²) in [4.78, 5) is 0. The van der Waals surface area contributed by atoms with Gasteiger partial charge in [-0.15, -0.1) is 0 Å². The van der Waals surface area contributed by atoms with Gasteiger partial charge in [0.2, 0.25) is 0 Å². The number of benzene rings is 2. The van der Waals surface area contributed by atoms with Crippen molar-refractivity contribution >= 4 is 23.2 Å². The van der Waals surface area contributed by atoms with Crippen molar-refractivity contribution in [2.24, 2.45) is 0 Å². The van der Waals surface area contributed by atoms with Gasteiger partial charge >= 0.3 is 0 Å². The maximum Gasteiger partial charge on any atom is 0.127 e. The Morgan fingerprint density at radius 3 is 2.58 bits per heavy atom. The van der Waals surface area contributed by atoms with E-state index in [0.717, 1.165) is 17.7 Å². The minimum Gasteiger partial charge on any atom is -0.313 e. The lowest BCUT2D eigenvalue weighted by molar-refractivity contribution is 0.593. The highest BCUT2D eigenvalue weighted by Crippen LogP contribution is 2.31. The van der Waals surface area contributed by atoms with Crippen LogP contribution in [0.1, 0.15) is 12.5 Å². The van der Waals surface area contributed by atoms with Crippen molar-refractivity contribution < 1.29 is 4.39 Å². The van der Waals surface area contributed by atoms with Crippen LogP contribution >= 0.6 is 23.2 Å². The molecule has 19 heavy (non-hydrogen) atoms. The van der Waals surface area contributed by atoms with Gasteiger partial charge in [-0.3, -0.25) is 0 Å². The molecule has 0 saturated heterocycles. The number of halogens is 3. The monoisotopic (exact) mass is 297 g/mol. The van der Waals surface area contributed by atoms with Crippen molar-refractivity contribution in [1.29, 1.82) is 0 Å². The number of hydrogen-bond acceptors (Lipinski definition) is 1. The van der Waals surface area contributed by atoms with Crippen LogP contribution in [0.2, 0.25) is 10.0 Å². The third kappa shape index (κ3) is 3.47. The second-order valence-corrected chi connectivity index (χ2v) is 5.05. The predicted octanol–water partition coefficient (Wildman–Crippen LogP) is 4.91. The Hall–Kier alpha value is -1.09. The summed E-state index contributed by atoms with van der Waals surface area (Å²) >= 11 is 12.0. The maximum absolute atomic E-state index is 13.7. The van der Waals surface area contributed by atoms with Crippen LogP contribution in [0.15, 0.2) is 36.4 Å². The Morgan fingerprint density at radius 2 is 1.89 bits per heavy atom. The third-order valence-electron chi connectivity index (χ3n) is 2.85. The van der Waals surface area contributed by atoms with E-state index in [0.29, 0.717) is 22.2 Å². The Morgan fingerprint density at radius 1 is 1.11 bits per heavy atom. The van der Waals surface area contributed by atoms with Crippen molar-refractivity contribution in [1.82, 2.24) is 5.32 Å². The van der Waals surface area contributed by atoms with Crippen LogP contribution in [0.5, 0.6) is 0 Å². The first-order valence-electron chi connectivity index (χ1n) is 6.06. The predicted molar refractivity (Wildman–Crippen MR) is 79.2 cm³/mol. The summed E-state index contributed by atoms with van der Waals surface area (Å²) in [5.74, 6) is -0.213. The second-order valence-electron chi connectivity index (χ2n) is 4.21. The van der Waals surface area contributed by atoms with Crippen LogP contribution in [0, 0.1) is 5.82 Å². The van der Waals surface area contributed by atoms with E-state index in [1.54, 1.807) is 18.2 Å². The van der Waals surface area contributed by atoms with Crippen molar-refractivity contribution in [2.75, 3.05) is 6.54 Å². The molecule has 2 aromatic carbocycles. The first kappa shape index (κ1) is 14.3. The van der Waals surface area contributed by atoms with Crippen molar-refractivity contribution in [3.63, 3.8) is 0 Å². The molecule has 0 fully saturated rings. The molecule has 0 aliphatic heterocycles. The summed E-state index contributed by atoms with van der Waals surface area (Å²) in [6, 6.07) is 10.3. The van der Waals surface area contributed by atoms with Gasteiger partial charge in [-0.25, -0.2) is 4.39 Å².